The van der Waals surface area contributed by atoms with E-state index in [9.17, 15) is 43.2 Å². The molecule has 0 radical (unpaired) electrons. The monoisotopic (exact) mass is 419 g/mol. The van der Waals surface area contributed by atoms with Crippen LogP contribution in [0.3, 0.4) is 0 Å². The van der Waals surface area contributed by atoms with Crippen molar-refractivity contribution in [2.45, 2.75) is 16.4 Å². The largest absolute Gasteiger partial charge is 0.430 e. The SMILES string of the molecule is O=S1(=O)N(I)S(=O)(=O)C(F)(F)C(F)(F)C1(F)F. The van der Waals surface area contributed by atoms with E-state index in [-0.39, 0.29) is 22.9 Å². The fourth-order valence-electron chi connectivity index (χ4n) is 0.803. The van der Waals surface area contributed by atoms with E-state index in [0.717, 1.165) is 0 Å². The van der Waals surface area contributed by atoms with Gasteiger partial charge in [0.15, 0.2) is 0 Å². The third-order valence-electron chi connectivity index (χ3n) is 1.76. The van der Waals surface area contributed by atoms with Gasteiger partial charge in [-0.25, -0.2) is 16.8 Å². The summed E-state index contributed by atoms with van der Waals surface area (Å²) in [5.74, 6) is -6.57. The summed E-state index contributed by atoms with van der Waals surface area (Å²) in [6, 6.07) is 0. The highest BCUT2D eigenvalue weighted by Crippen LogP contribution is 2.57. The minimum absolute atomic E-state index is 0.0735. The van der Waals surface area contributed by atoms with Gasteiger partial charge in [-0.15, -0.1) is 0 Å². The van der Waals surface area contributed by atoms with Crippen LogP contribution < -0.4 is 0 Å². The molecule has 1 heterocycles. The van der Waals surface area contributed by atoms with Gasteiger partial charge < -0.3 is 0 Å². The molecule has 17 heavy (non-hydrogen) atoms. The number of hydrogen-bond acceptors (Lipinski definition) is 4. The number of halogens is 7. The number of sulfonamides is 2. The van der Waals surface area contributed by atoms with E-state index in [0.29, 0.717) is 0 Å². The lowest BCUT2D eigenvalue weighted by Crippen LogP contribution is -2.69. The van der Waals surface area contributed by atoms with Gasteiger partial charge in [0.05, 0.1) is 22.9 Å². The summed E-state index contributed by atoms with van der Waals surface area (Å²) >= 11 is 0.0735. The zero-order valence-corrected chi connectivity index (χ0v) is 10.8. The molecule has 1 fully saturated rings. The molecule has 0 aliphatic carbocycles. The molecule has 0 aromatic heterocycles. The molecular formula is C3F6INO4S2. The molecule has 0 saturated carbocycles. The molecular weight excluding hydrogens is 419 g/mol. The van der Waals surface area contributed by atoms with Crippen molar-refractivity contribution in [1.82, 2.24) is 1.92 Å². The highest BCUT2D eigenvalue weighted by atomic mass is 127. The normalized spacial score (nSPS) is 33.1. The van der Waals surface area contributed by atoms with Gasteiger partial charge in [0.1, 0.15) is 0 Å². The van der Waals surface area contributed by atoms with Crippen LogP contribution in [0.25, 0.3) is 0 Å². The second-order valence-corrected chi connectivity index (χ2v) is 8.93. The van der Waals surface area contributed by atoms with Crippen LogP contribution in [0.2, 0.25) is 0 Å². The number of rotatable bonds is 0. The summed E-state index contributed by atoms with van der Waals surface area (Å²) in [4.78, 5) is 0. The van der Waals surface area contributed by atoms with Crippen LogP contribution in [0.4, 0.5) is 26.3 Å². The van der Waals surface area contributed by atoms with Crippen LogP contribution >= 0.6 is 22.9 Å². The fraction of sp³-hybridized carbons (Fsp3) is 1.00. The van der Waals surface area contributed by atoms with E-state index in [1.54, 1.807) is 0 Å². The molecule has 0 unspecified atom stereocenters. The first-order valence-electron chi connectivity index (χ1n) is 3.24. The lowest BCUT2D eigenvalue weighted by atomic mass is 10.3. The highest BCUT2D eigenvalue weighted by molar-refractivity contribution is 14.1. The van der Waals surface area contributed by atoms with Crippen LogP contribution in [0.15, 0.2) is 0 Å². The Bertz CT molecular complexity index is 506. The summed E-state index contributed by atoms with van der Waals surface area (Å²) in [5.41, 5.74) is 0. The summed E-state index contributed by atoms with van der Waals surface area (Å²) in [5, 5.41) is -12.5. The van der Waals surface area contributed by atoms with Crippen molar-refractivity contribution in [1.29, 1.82) is 0 Å². The van der Waals surface area contributed by atoms with Crippen molar-refractivity contribution < 1.29 is 43.2 Å². The van der Waals surface area contributed by atoms with Crippen LogP contribution in [0, 0.1) is 0 Å². The van der Waals surface area contributed by atoms with E-state index in [1.165, 1.54) is 0 Å². The van der Waals surface area contributed by atoms with Crippen molar-refractivity contribution in [2.24, 2.45) is 0 Å². The Morgan fingerprint density at radius 1 is 0.765 bits per heavy atom. The minimum atomic E-state index is -6.57. The average Bonchev–Trinajstić information content (AvgIpc) is 2.13. The second kappa shape index (κ2) is 3.38. The van der Waals surface area contributed by atoms with E-state index < -0.39 is 38.4 Å². The average molecular weight is 419 g/mol. The maximum Gasteiger partial charge on any atom is 0.430 e. The Morgan fingerprint density at radius 3 is 1.24 bits per heavy atom. The van der Waals surface area contributed by atoms with Crippen LogP contribution in [-0.2, 0) is 20.0 Å². The summed E-state index contributed by atoms with van der Waals surface area (Å²) in [7, 11) is -12.9. The summed E-state index contributed by atoms with van der Waals surface area (Å²) in [6.45, 7) is 0. The fourth-order valence-corrected chi connectivity index (χ4v) is 5.21. The quantitative estimate of drug-likeness (QED) is 0.336. The van der Waals surface area contributed by atoms with Crippen molar-refractivity contribution in [2.75, 3.05) is 0 Å². The standard InChI is InChI=1S/C3F6INO4S2/c4-1(5)2(6,7)16(12,13)11(10)17(14,15)3(1,8)9. The first-order valence-corrected chi connectivity index (χ1v) is 7.09. The van der Waals surface area contributed by atoms with E-state index in [1.807, 2.05) is 0 Å². The molecule has 102 valence electrons. The zero-order chi connectivity index (χ0) is 14.1. The van der Waals surface area contributed by atoms with Crippen molar-refractivity contribution in [3.8, 4) is 0 Å². The molecule has 0 atom stereocenters. The van der Waals surface area contributed by atoms with Gasteiger partial charge in [-0.3, -0.25) is 0 Å². The molecule has 1 rings (SSSR count). The molecule has 1 aliphatic heterocycles. The van der Waals surface area contributed by atoms with Gasteiger partial charge in [0.2, 0.25) is 0 Å². The Kier molecular flexibility index (Phi) is 3.03. The Balaban J connectivity index is 3.82. The van der Waals surface area contributed by atoms with Crippen molar-refractivity contribution in [3.05, 3.63) is 0 Å². The van der Waals surface area contributed by atoms with Gasteiger partial charge >= 0.3 is 36.5 Å². The predicted octanol–water partition coefficient (Wildman–Crippen LogP) is 1.13. The molecule has 0 spiro atoms. The minimum Gasteiger partial charge on any atom is -0.204 e. The predicted molar refractivity (Wildman–Crippen MR) is 48.5 cm³/mol. The third kappa shape index (κ3) is 1.40. The molecule has 0 amide bonds. The molecule has 1 saturated heterocycles. The maximum absolute atomic E-state index is 12.7. The zero-order valence-electron chi connectivity index (χ0n) is 7.04. The van der Waals surface area contributed by atoms with E-state index in [2.05, 4.69) is 0 Å². The van der Waals surface area contributed by atoms with Gasteiger partial charge in [0.25, 0.3) is 0 Å². The Morgan fingerprint density at radius 2 is 1.00 bits per heavy atom. The summed E-state index contributed by atoms with van der Waals surface area (Å²) in [6.07, 6.45) is 0. The molecule has 0 bridgehead atoms. The number of hydrogen-bond donors (Lipinski definition) is 0. The maximum atomic E-state index is 12.7. The lowest BCUT2D eigenvalue weighted by Gasteiger charge is -2.38. The molecule has 0 N–H and O–H groups in total. The summed E-state index contributed by atoms with van der Waals surface area (Å²) < 4.78 is 118. The molecule has 14 heteroatoms. The van der Waals surface area contributed by atoms with Gasteiger partial charge in [0, 0.05) is 0 Å². The molecule has 0 aromatic rings. The van der Waals surface area contributed by atoms with E-state index in [4.69, 9.17) is 0 Å². The lowest BCUT2D eigenvalue weighted by molar-refractivity contribution is -0.248. The van der Waals surface area contributed by atoms with Crippen LogP contribution in [0.1, 0.15) is 0 Å². The van der Waals surface area contributed by atoms with Crippen LogP contribution in [0.5, 0.6) is 0 Å². The highest BCUT2D eigenvalue weighted by Gasteiger charge is 2.88. The second-order valence-electron chi connectivity index (χ2n) is 2.77. The van der Waals surface area contributed by atoms with Gasteiger partial charge in [-0.2, -0.15) is 26.3 Å². The molecule has 1 aliphatic rings. The Labute approximate surface area is 104 Å². The first kappa shape index (κ1) is 15.2. The third-order valence-corrected chi connectivity index (χ3v) is 8.61. The number of nitrogens with zero attached hydrogens (tertiary/aromatic N) is 1. The smallest absolute Gasteiger partial charge is 0.204 e. The van der Waals surface area contributed by atoms with Gasteiger partial charge in [-0.05, 0) is 1.92 Å². The molecule has 0 aromatic carbocycles. The van der Waals surface area contributed by atoms with E-state index >= 15 is 0 Å². The molecule has 5 nitrogen and oxygen atoms in total. The van der Waals surface area contributed by atoms with Crippen molar-refractivity contribution >= 4 is 42.9 Å². The number of alkyl halides is 6. The van der Waals surface area contributed by atoms with Crippen molar-refractivity contribution in [3.63, 3.8) is 0 Å². The Hall–Kier alpha value is 0.170. The van der Waals surface area contributed by atoms with Crippen LogP contribution in [-0.4, -0.2) is 35.2 Å². The first-order chi connectivity index (χ1) is 7.15. The topological polar surface area (TPSA) is 71.5 Å². The van der Waals surface area contributed by atoms with Gasteiger partial charge in [-0.1, -0.05) is 0 Å².